The highest BCUT2D eigenvalue weighted by atomic mass is 32.2. The first-order valence-electron chi connectivity index (χ1n) is 11.7. The Kier molecular flexibility index (Phi) is 6.05. The summed E-state index contributed by atoms with van der Waals surface area (Å²) in [4.78, 5) is 11.9. The van der Waals surface area contributed by atoms with Gasteiger partial charge in [0.1, 0.15) is 0 Å². The highest BCUT2D eigenvalue weighted by Gasteiger charge is 2.20. The Bertz CT molecular complexity index is 1620. The molecular weight excluding hydrogens is 470 g/mol. The maximum atomic E-state index is 5.45. The fourth-order valence-corrected chi connectivity index (χ4v) is 5.07. The number of nitrogens with zero attached hydrogens (tertiary/aromatic N) is 6. The van der Waals surface area contributed by atoms with E-state index in [4.69, 9.17) is 4.52 Å². The lowest BCUT2D eigenvalue weighted by Crippen LogP contribution is -2.02. The number of aromatic amines is 1. The van der Waals surface area contributed by atoms with Gasteiger partial charge in [-0.25, -0.2) is 0 Å². The van der Waals surface area contributed by atoms with Gasteiger partial charge in [-0.3, -0.25) is 9.55 Å². The molecule has 4 heterocycles. The molecule has 0 atom stereocenters. The minimum absolute atomic E-state index is 0.586. The molecule has 0 amide bonds. The zero-order chi connectivity index (χ0) is 24.3. The SMILES string of the molecule is Cc1ccccc1-n1c(SCCCc2nc(-c3ccncc3)no2)nnc1-c1c[nH]c2ccccc12. The minimum atomic E-state index is 0.586. The average molecular weight is 494 g/mol. The van der Waals surface area contributed by atoms with Gasteiger partial charge in [-0.05, 0) is 43.2 Å². The molecule has 0 fully saturated rings. The number of aryl methyl sites for hydroxylation is 2. The summed E-state index contributed by atoms with van der Waals surface area (Å²) in [6.45, 7) is 2.11. The number of benzene rings is 2. The van der Waals surface area contributed by atoms with Crippen molar-refractivity contribution in [2.24, 2.45) is 0 Å². The first-order chi connectivity index (χ1) is 17.8. The molecule has 0 bridgehead atoms. The second kappa shape index (κ2) is 9.79. The molecule has 0 saturated heterocycles. The van der Waals surface area contributed by atoms with Crippen molar-refractivity contribution in [3.05, 3.63) is 90.7 Å². The number of pyridine rings is 1. The summed E-state index contributed by atoms with van der Waals surface area (Å²) in [5.74, 6) is 2.87. The van der Waals surface area contributed by atoms with Gasteiger partial charge in [0, 0.05) is 52.8 Å². The van der Waals surface area contributed by atoms with Gasteiger partial charge in [0.25, 0.3) is 0 Å². The normalized spacial score (nSPS) is 11.4. The predicted molar refractivity (Wildman–Crippen MR) is 140 cm³/mol. The Morgan fingerprint density at radius 3 is 2.69 bits per heavy atom. The van der Waals surface area contributed by atoms with E-state index in [1.54, 1.807) is 24.2 Å². The maximum Gasteiger partial charge on any atom is 0.226 e. The Morgan fingerprint density at radius 1 is 0.972 bits per heavy atom. The van der Waals surface area contributed by atoms with Crippen LogP contribution in [0.3, 0.4) is 0 Å². The van der Waals surface area contributed by atoms with Crippen LogP contribution in [-0.2, 0) is 6.42 Å². The molecule has 0 unspecified atom stereocenters. The van der Waals surface area contributed by atoms with E-state index in [0.29, 0.717) is 18.1 Å². The summed E-state index contributed by atoms with van der Waals surface area (Å²) in [5, 5.41) is 15.3. The van der Waals surface area contributed by atoms with Crippen LogP contribution in [0.15, 0.2) is 88.9 Å². The van der Waals surface area contributed by atoms with E-state index >= 15 is 0 Å². The number of hydrogen-bond acceptors (Lipinski definition) is 7. The lowest BCUT2D eigenvalue weighted by atomic mass is 10.1. The lowest BCUT2D eigenvalue weighted by molar-refractivity contribution is 0.378. The Labute approximate surface area is 211 Å². The van der Waals surface area contributed by atoms with Crippen LogP contribution in [0, 0.1) is 6.92 Å². The molecule has 8 nitrogen and oxygen atoms in total. The fourth-order valence-electron chi connectivity index (χ4n) is 4.19. The van der Waals surface area contributed by atoms with Crippen molar-refractivity contribution < 1.29 is 4.52 Å². The van der Waals surface area contributed by atoms with Gasteiger partial charge in [0.05, 0.1) is 5.69 Å². The van der Waals surface area contributed by atoms with Crippen LogP contribution in [0.25, 0.3) is 39.4 Å². The van der Waals surface area contributed by atoms with Crippen LogP contribution in [0.5, 0.6) is 0 Å². The molecule has 0 spiro atoms. The van der Waals surface area contributed by atoms with Crippen molar-refractivity contribution in [1.29, 1.82) is 0 Å². The molecule has 6 aromatic rings. The summed E-state index contributed by atoms with van der Waals surface area (Å²) < 4.78 is 7.60. The van der Waals surface area contributed by atoms with E-state index in [9.17, 15) is 0 Å². The van der Waals surface area contributed by atoms with Crippen molar-refractivity contribution in [3.63, 3.8) is 0 Å². The molecule has 6 rings (SSSR count). The van der Waals surface area contributed by atoms with Gasteiger partial charge in [0.15, 0.2) is 11.0 Å². The van der Waals surface area contributed by atoms with E-state index in [1.165, 1.54) is 0 Å². The first kappa shape index (κ1) is 22.2. The van der Waals surface area contributed by atoms with Crippen LogP contribution in [0.4, 0.5) is 0 Å². The quantitative estimate of drug-likeness (QED) is 0.208. The summed E-state index contributed by atoms with van der Waals surface area (Å²) in [5.41, 5.74) is 5.24. The molecule has 9 heteroatoms. The van der Waals surface area contributed by atoms with E-state index in [0.717, 1.165) is 56.4 Å². The number of para-hydroxylation sites is 2. The van der Waals surface area contributed by atoms with Crippen molar-refractivity contribution in [3.8, 4) is 28.5 Å². The molecule has 1 N–H and O–H groups in total. The van der Waals surface area contributed by atoms with Gasteiger partial charge < -0.3 is 9.51 Å². The molecule has 0 aliphatic heterocycles. The highest BCUT2D eigenvalue weighted by Crippen LogP contribution is 2.33. The van der Waals surface area contributed by atoms with Gasteiger partial charge in [0.2, 0.25) is 11.7 Å². The van der Waals surface area contributed by atoms with Crippen LogP contribution < -0.4 is 0 Å². The molecule has 0 radical (unpaired) electrons. The smallest absolute Gasteiger partial charge is 0.226 e. The second-order valence-corrected chi connectivity index (χ2v) is 9.44. The third kappa shape index (κ3) is 4.29. The zero-order valence-corrected chi connectivity index (χ0v) is 20.4. The summed E-state index contributed by atoms with van der Waals surface area (Å²) >= 11 is 1.68. The largest absolute Gasteiger partial charge is 0.360 e. The monoisotopic (exact) mass is 493 g/mol. The number of thioether (sulfide) groups is 1. The third-order valence-electron chi connectivity index (χ3n) is 5.99. The van der Waals surface area contributed by atoms with Gasteiger partial charge in [-0.1, -0.05) is 53.3 Å². The average Bonchev–Trinajstić information content (AvgIpc) is 3.66. The maximum absolute atomic E-state index is 5.45. The summed E-state index contributed by atoms with van der Waals surface area (Å²) in [7, 11) is 0. The zero-order valence-electron chi connectivity index (χ0n) is 19.6. The fraction of sp³-hybridized carbons (Fsp3) is 0.148. The summed E-state index contributed by atoms with van der Waals surface area (Å²) in [6.07, 6.45) is 7.01. The molecule has 0 aliphatic carbocycles. The van der Waals surface area contributed by atoms with Crippen molar-refractivity contribution in [2.45, 2.75) is 24.9 Å². The number of hydrogen-bond donors (Lipinski definition) is 1. The first-order valence-corrected chi connectivity index (χ1v) is 12.7. The van der Waals surface area contributed by atoms with Crippen LogP contribution >= 0.6 is 11.8 Å². The number of nitrogens with one attached hydrogen (secondary N) is 1. The van der Waals surface area contributed by atoms with E-state index in [-0.39, 0.29) is 0 Å². The second-order valence-electron chi connectivity index (χ2n) is 8.38. The Hall–Kier alpha value is -4.24. The van der Waals surface area contributed by atoms with Crippen molar-refractivity contribution in [1.82, 2.24) is 34.9 Å². The molecule has 4 aromatic heterocycles. The number of H-pyrrole nitrogens is 1. The van der Waals surface area contributed by atoms with Crippen LogP contribution in [-0.4, -0.2) is 40.6 Å². The van der Waals surface area contributed by atoms with E-state index in [1.807, 2.05) is 42.6 Å². The topological polar surface area (TPSA) is 98.3 Å². The van der Waals surface area contributed by atoms with Gasteiger partial charge >= 0.3 is 0 Å². The van der Waals surface area contributed by atoms with E-state index < -0.39 is 0 Å². The molecule has 36 heavy (non-hydrogen) atoms. The molecular formula is C27H23N7OS. The van der Waals surface area contributed by atoms with Crippen LogP contribution in [0.1, 0.15) is 17.9 Å². The third-order valence-corrected chi connectivity index (χ3v) is 7.01. The highest BCUT2D eigenvalue weighted by molar-refractivity contribution is 7.99. The molecule has 0 saturated carbocycles. The summed E-state index contributed by atoms with van der Waals surface area (Å²) in [6, 6.07) is 20.3. The number of aromatic nitrogens is 7. The van der Waals surface area contributed by atoms with Crippen LogP contribution in [0.2, 0.25) is 0 Å². The molecule has 2 aromatic carbocycles. The minimum Gasteiger partial charge on any atom is -0.360 e. The standard InChI is InChI=1S/C27H23N7OS/c1-18-7-2-5-10-23(18)34-26(21-17-29-22-9-4-3-8-20(21)22)31-32-27(34)36-16-6-11-24-30-25(33-35-24)19-12-14-28-15-13-19/h2-5,7-10,12-15,17,29H,6,11,16H2,1H3. The number of rotatable bonds is 8. The van der Waals surface area contributed by atoms with Crippen molar-refractivity contribution in [2.75, 3.05) is 5.75 Å². The van der Waals surface area contributed by atoms with Gasteiger partial charge in [-0.2, -0.15) is 4.98 Å². The Morgan fingerprint density at radius 2 is 1.81 bits per heavy atom. The van der Waals surface area contributed by atoms with Crippen molar-refractivity contribution >= 4 is 22.7 Å². The predicted octanol–water partition coefficient (Wildman–Crippen LogP) is 5.89. The lowest BCUT2D eigenvalue weighted by Gasteiger charge is -2.12. The van der Waals surface area contributed by atoms with Gasteiger partial charge in [-0.15, -0.1) is 10.2 Å². The Balaban J connectivity index is 1.23. The van der Waals surface area contributed by atoms with E-state index in [2.05, 4.69) is 66.1 Å². The molecule has 0 aliphatic rings. The molecule has 178 valence electrons. The number of fused-ring (bicyclic) bond motifs is 1.